The lowest BCUT2D eigenvalue weighted by Gasteiger charge is -2.35. The summed E-state index contributed by atoms with van der Waals surface area (Å²) in [5, 5.41) is 2.79. The first-order valence-corrected chi connectivity index (χ1v) is 11.9. The van der Waals surface area contributed by atoms with Gasteiger partial charge in [-0.15, -0.1) is 0 Å². The number of carbonyl (C=O) groups excluding carboxylic acids is 1. The summed E-state index contributed by atoms with van der Waals surface area (Å²) in [6.45, 7) is 4.28. The molecule has 1 aromatic rings. The van der Waals surface area contributed by atoms with Crippen molar-refractivity contribution in [2.75, 3.05) is 32.4 Å². The lowest BCUT2D eigenvalue weighted by atomic mass is 10.00. The van der Waals surface area contributed by atoms with Gasteiger partial charge in [0.2, 0.25) is 15.9 Å². The fourth-order valence-corrected chi connectivity index (χ4v) is 4.38. The average molecular weight is 414 g/mol. The van der Waals surface area contributed by atoms with Gasteiger partial charge in [-0.2, -0.15) is 4.31 Å². The van der Waals surface area contributed by atoms with Crippen molar-refractivity contribution < 1.29 is 17.6 Å². The monoisotopic (exact) mass is 413 g/mol. The lowest BCUT2D eigenvalue weighted by Crippen LogP contribution is -2.42. The normalized spacial score (nSPS) is 18.4. The molecule has 28 heavy (non-hydrogen) atoms. The van der Waals surface area contributed by atoms with Gasteiger partial charge in [-0.3, -0.25) is 4.79 Å². The molecule has 1 aliphatic rings. The van der Waals surface area contributed by atoms with Gasteiger partial charge in [-0.05, 0) is 38.3 Å². The standard InChI is InChI=1S/C20H32FN3O3S/c1-3-18-10-6-7-13-23(18)14-8-12-22-20(25)16-24(28(2,26)27)15-17-9-4-5-11-19(17)21/h4-5,9,11,18H,3,6-8,10,12-16H2,1-2H3,(H,22,25). The number of likely N-dealkylation sites (tertiary alicyclic amines) is 1. The maximum atomic E-state index is 13.8. The van der Waals surface area contributed by atoms with Crippen LogP contribution in [-0.4, -0.2) is 62.0 Å². The Morgan fingerprint density at radius 1 is 1.32 bits per heavy atom. The summed E-state index contributed by atoms with van der Waals surface area (Å²) >= 11 is 0. The van der Waals surface area contributed by atoms with E-state index < -0.39 is 15.8 Å². The molecular formula is C20H32FN3O3S. The topological polar surface area (TPSA) is 69.7 Å². The predicted molar refractivity (Wildman–Crippen MR) is 109 cm³/mol. The van der Waals surface area contributed by atoms with Crippen LogP contribution < -0.4 is 5.32 Å². The number of nitrogens with one attached hydrogen (secondary N) is 1. The van der Waals surface area contributed by atoms with Crippen molar-refractivity contribution >= 4 is 15.9 Å². The molecule has 1 unspecified atom stereocenters. The summed E-state index contributed by atoms with van der Waals surface area (Å²) in [5.74, 6) is -0.851. The predicted octanol–water partition coefficient (Wildman–Crippen LogP) is 2.36. The highest BCUT2D eigenvalue weighted by atomic mass is 32.2. The Morgan fingerprint density at radius 2 is 2.07 bits per heavy atom. The Labute approximate surface area is 168 Å². The Balaban J connectivity index is 1.81. The molecule has 158 valence electrons. The molecule has 1 aromatic carbocycles. The highest BCUT2D eigenvalue weighted by Gasteiger charge is 2.22. The maximum absolute atomic E-state index is 13.8. The zero-order valence-electron chi connectivity index (χ0n) is 16.9. The second-order valence-corrected chi connectivity index (χ2v) is 9.40. The molecule has 0 aromatic heterocycles. The number of hydrogen-bond donors (Lipinski definition) is 1. The minimum Gasteiger partial charge on any atom is -0.355 e. The molecule has 0 saturated carbocycles. The van der Waals surface area contributed by atoms with E-state index in [1.165, 1.54) is 31.4 Å². The number of piperidine rings is 1. The molecule has 0 radical (unpaired) electrons. The van der Waals surface area contributed by atoms with Crippen molar-refractivity contribution in [1.82, 2.24) is 14.5 Å². The molecule has 2 rings (SSSR count). The van der Waals surface area contributed by atoms with Gasteiger partial charge in [0, 0.05) is 31.2 Å². The number of sulfonamides is 1. The molecule has 1 saturated heterocycles. The Kier molecular flexibility index (Phi) is 8.85. The van der Waals surface area contributed by atoms with E-state index in [0.29, 0.717) is 12.6 Å². The van der Waals surface area contributed by atoms with Crippen LogP contribution in [0, 0.1) is 5.82 Å². The van der Waals surface area contributed by atoms with Gasteiger partial charge in [0.15, 0.2) is 0 Å². The third-order valence-electron chi connectivity index (χ3n) is 5.26. The highest BCUT2D eigenvalue weighted by molar-refractivity contribution is 7.88. The SMILES string of the molecule is CCC1CCCCN1CCCNC(=O)CN(Cc1ccccc1F)S(C)(=O)=O. The van der Waals surface area contributed by atoms with Gasteiger partial charge in [-0.1, -0.05) is 31.5 Å². The molecule has 8 heteroatoms. The van der Waals surface area contributed by atoms with E-state index in [0.717, 1.165) is 36.5 Å². The number of amides is 1. The van der Waals surface area contributed by atoms with E-state index in [-0.39, 0.29) is 24.6 Å². The fourth-order valence-electron chi connectivity index (χ4n) is 3.65. The molecule has 6 nitrogen and oxygen atoms in total. The molecule has 0 aliphatic carbocycles. The number of benzene rings is 1. The second kappa shape index (κ2) is 10.9. The largest absolute Gasteiger partial charge is 0.355 e. The zero-order valence-corrected chi connectivity index (χ0v) is 17.7. The van der Waals surface area contributed by atoms with Crippen molar-refractivity contribution in [1.29, 1.82) is 0 Å². The Bertz CT molecular complexity index is 742. The number of nitrogens with zero attached hydrogens (tertiary/aromatic N) is 2. The maximum Gasteiger partial charge on any atom is 0.235 e. The van der Waals surface area contributed by atoms with E-state index in [9.17, 15) is 17.6 Å². The van der Waals surface area contributed by atoms with Crippen LogP contribution in [0.15, 0.2) is 24.3 Å². The van der Waals surface area contributed by atoms with Crippen molar-refractivity contribution in [2.45, 2.75) is 51.6 Å². The van der Waals surface area contributed by atoms with E-state index in [1.54, 1.807) is 12.1 Å². The van der Waals surface area contributed by atoms with Crippen molar-refractivity contribution in [3.05, 3.63) is 35.6 Å². The molecule has 1 atom stereocenters. The molecule has 0 bridgehead atoms. The van der Waals surface area contributed by atoms with E-state index in [2.05, 4.69) is 17.1 Å². The molecule has 1 heterocycles. The molecule has 1 N–H and O–H groups in total. The van der Waals surface area contributed by atoms with Crippen LogP contribution in [0.5, 0.6) is 0 Å². The summed E-state index contributed by atoms with van der Waals surface area (Å²) < 4.78 is 38.8. The van der Waals surface area contributed by atoms with E-state index in [1.807, 2.05) is 0 Å². The van der Waals surface area contributed by atoms with Crippen LogP contribution in [-0.2, 0) is 21.4 Å². The van der Waals surface area contributed by atoms with Gasteiger partial charge >= 0.3 is 0 Å². The third kappa shape index (κ3) is 7.14. The van der Waals surface area contributed by atoms with Gasteiger partial charge in [-0.25, -0.2) is 12.8 Å². The molecule has 1 fully saturated rings. The summed E-state index contributed by atoms with van der Waals surface area (Å²) in [7, 11) is -3.64. The van der Waals surface area contributed by atoms with Crippen LogP contribution in [0.25, 0.3) is 0 Å². The Hall–Kier alpha value is -1.51. The van der Waals surface area contributed by atoms with E-state index in [4.69, 9.17) is 0 Å². The number of carbonyl (C=O) groups is 1. The van der Waals surface area contributed by atoms with Crippen molar-refractivity contribution in [3.63, 3.8) is 0 Å². The summed E-state index contributed by atoms with van der Waals surface area (Å²) in [6.07, 6.45) is 6.75. The molecule has 1 aliphatic heterocycles. The third-order valence-corrected chi connectivity index (χ3v) is 6.45. The zero-order chi connectivity index (χ0) is 20.6. The van der Waals surface area contributed by atoms with Crippen LogP contribution in [0.2, 0.25) is 0 Å². The van der Waals surface area contributed by atoms with Crippen LogP contribution in [0.3, 0.4) is 0 Å². The quantitative estimate of drug-likeness (QED) is 0.598. The highest BCUT2D eigenvalue weighted by Crippen LogP contribution is 2.19. The minimum atomic E-state index is -3.64. The first kappa shape index (κ1) is 22.8. The smallest absolute Gasteiger partial charge is 0.235 e. The van der Waals surface area contributed by atoms with Crippen LogP contribution >= 0.6 is 0 Å². The van der Waals surface area contributed by atoms with Gasteiger partial charge in [0.1, 0.15) is 5.82 Å². The summed E-state index contributed by atoms with van der Waals surface area (Å²) in [5.41, 5.74) is 0.247. The summed E-state index contributed by atoms with van der Waals surface area (Å²) in [4.78, 5) is 14.7. The van der Waals surface area contributed by atoms with Crippen molar-refractivity contribution in [2.24, 2.45) is 0 Å². The van der Waals surface area contributed by atoms with Gasteiger partial charge < -0.3 is 10.2 Å². The molecular weight excluding hydrogens is 381 g/mol. The fraction of sp³-hybridized carbons (Fsp3) is 0.650. The van der Waals surface area contributed by atoms with Crippen LogP contribution in [0.4, 0.5) is 4.39 Å². The van der Waals surface area contributed by atoms with Gasteiger partial charge in [0.05, 0.1) is 12.8 Å². The minimum absolute atomic E-state index is 0.162. The van der Waals surface area contributed by atoms with Crippen LogP contribution in [0.1, 0.15) is 44.6 Å². The second-order valence-electron chi connectivity index (χ2n) is 7.42. The van der Waals surface area contributed by atoms with Gasteiger partial charge in [0.25, 0.3) is 0 Å². The van der Waals surface area contributed by atoms with Crippen molar-refractivity contribution in [3.8, 4) is 0 Å². The average Bonchev–Trinajstić information content (AvgIpc) is 2.66. The first-order chi connectivity index (χ1) is 13.3. The molecule has 1 amide bonds. The summed E-state index contributed by atoms with van der Waals surface area (Å²) in [6, 6.07) is 6.62. The number of halogens is 1. The number of rotatable bonds is 10. The number of hydrogen-bond acceptors (Lipinski definition) is 4. The lowest BCUT2D eigenvalue weighted by molar-refractivity contribution is -0.121. The molecule has 0 spiro atoms. The first-order valence-electron chi connectivity index (χ1n) is 10.0. The van der Waals surface area contributed by atoms with E-state index >= 15 is 0 Å². The Morgan fingerprint density at radius 3 is 2.75 bits per heavy atom.